The highest BCUT2D eigenvalue weighted by Crippen LogP contribution is 2.18. The third kappa shape index (κ3) is 13.2. The maximum absolute atomic E-state index is 5.67. The molecule has 0 atom stereocenters. The molecule has 24 heavy (non-hydrogen) atoms. The molecule has 0 unspecified atom stereocenters. The van der Waals surface area contributed by atoms with Crippen LogP contribution < -0.4 is 0 Å². The zero-order valence-electron chi connectivity index (χ0n) is 16.3. The Bertz CT molecular complexity index is 253. The quantitative estimate of drug-likeness (QED) is 0.330. The predicted octanol–water partition coefficient (Wildman–Crippen LogP) is 3.96. The van der Waals surface area contributed by atoms with E-state index in [9.17, 15) is 0 Å². The Morgan fingerprint density at radius 2 is 1.04 bits per heavy atom. The zero-order valence-corrected chi connectivity index (χ0v) is 20.1. The maximum atomic E-state index is 5.67. The van der Waals surface area contributed by atoms with Gasteiger partial charge in [0.05, 0.1) is 0 Å². The molecule has 0 amide bonds. The largest absolute Gasteiger partial charge is 0.500 e. The van der Waals surface area contributed by atoms with Crippen molar-refractivity contribution in [1.82, 2.24) is 0 Å². The van der Waals surface area contributed by atoms with Crippen LogP contribution >= 0.6 is 25.3 Å². The maximum Gasteiger partial charge on any atom is 0.500 e. The van der Waals surface area contributed by atoms with Crippen molar-refractivity contribution in [1.29, 1.82) is 0 Å². The summed E-state index contributed by atoms with van der Waals surface area (Å²) in [5.74, 6) is 0.849. The minimum Gasteiger partial charge on any atom is -0.394 e. The topological polar surface area (TPSA) is 46.2 Å². The zero-order chi connectivity index (χ0) is 18.9. The second-order valence-corrected chi connectivity index (χ2v) is 12.3. The fourth-order valence-corrected chi connectivity index (χ4v) is 7.14. The van der Waals surface area contributed by atoms with E-state index in [-0.39, 0.29) is 0 Å². The van der Waals surface area contributed by atoms with Crippen molar-refractivity contribution in [3.05, 3.63) is 0 Å². The molecule has 0 N–H and O–H groups in total. The van der Waals surface area contributed by atoms with Crippen LogP contribution in [0, 0.1) is 0 Å². The van der Waals surface area contributed by atoms with E-state index in [2.05, 4.69) is 25.3 Å². The third-order valence-corrected chi connectivity index (χ3v) is 10.5. The molecule has 0 saturated heterocycles. The summed E-state index contributed by atoms with van der Waals surface area (Å²) in [5.41, 5.74) is 0. The smallest absolute Gasteiger partial charge is 0.394 e. The van der Waals surface area contributed by atoms with Crippen molar-refractivity contribution in [2.75, 3.05) is 44.2 Å². The lowest BCUT2D eigenvalue weighted by Gasteiger charge is -2.28. The molecule has 0 spiro atoms. The summed E-state index contributed by atoms with van der Waals surface area (Å²) >= 11 is 8.37. The van der Waals surface area contributed by atoms with Gasteiger partial charge in [0, 0.05) is 44.5 Å². The van der Waals surface area contributed by atoms with Crippen molar-refractivity contribution in [2.45, 2.75) is 53.6 Å². The molecule has 0 fully saturated rings. The highest BCUT2D eigenvalue weighted by Gasteiger charge is 2.39. The molecular formula is C15H38O5S2Si2. The molecule has 0 aromatic carbocycles. The summed E-state index contributed by atoms with van der Waals surface area (Å²) in [4.78, 5) is 0. The van der Waals surface area contributed by atoms with Crippen molar-refractivity contribution >= 4 is 42.6 Å². The van der Waals surface area contributed by atoms with Crippen LogP contribution in [0.25, 0.3) is 0 Å². The Morgan fingerprint density at radius 1 is 0.667 bits per heavy atom. The van der Waals surface area contributed by atoms with Crippen LogP contribution in [0.4, 0.5) is 0 Å². The van der Waals surface area contributed by atoms with Gasteiger partial charge in [0.2, 0.25) is 0 Å². The molecule has 148 valence electrons. The minimum atomic E-state index is -2.37. The Kier molecular flexibility index (Phi) is 19.6. The summed E-state index contributed by atoms with van der Waals surface area (Å²) in [6, 6.07) is 0.867. The van der Waals surface area contributed by atoms with Crippen LogP contribution in [0.3, 0.4) is 0 Å². The normalized spacial score (nSPS) is 12.0. The van der Waals surface area contributed by atoms with Gasteiger partial charge in [-0.3, -0.25) is 0 Å². The standard InChI is InChI=1S/C9H22O3SSi.C6H16O2SSi/c1-4-10-14(11-5-2,12-6-3)9-7-8-13;1-4-7-10(3,6-9)8-5-2/h13H,4-9H2,1-3H3;9H,4-6H2,1-3H3. The molecule has 0 aliphatic carbocycles. The summed E-state index contributed by atoms with van der Waals surface area (Å²) in [6.07, 6.45) is 0.981. The highest BCUT2D eigenvalue weighted by molar-refractivity contribution is 7.82. The average molecular weight is 419 g/mol. The first-order valence-electron chi connectivity index (χ1n) is 8.84. The van der Waals surface area contributed by atoms with Crippen molar-refractivity contribution in [3.8, 4) is 0 Å². The van der Waals surface area contributed by atoms with Gasteiger partial charge in [-0.05, 0) is 53.3 Å². The summed E-state index contributed by atoms with van der Waals surface area (Å²) in [6.45, 7) is 15.3. The SMILES string of the molecule is CCO[Si](C)(CS)OCC.CCO[Si](CCCS)(OCC)OCC. The first-order chi connectivity index (χ1) is 11.4. The number of thiol groups is 2. The van der Waals surface area contributed by atoms with Gasteiger partial charge in [0.15, 0.2) is 0 Å². The van der Waals surface area contributed by atoms with Crippen LogP contribution in [-0.4, -0.2) is 61.5 Å². The molecule has 0 saturated carbocycles. The summed E-state index contributed by atoms with van der Waals surface area (Å²) < 4.78 is 27.9. The molecule has 0 radical (unpaired) electrons. The summed E-state index contributed by atoms with van der Waals surface area (Å²) in [5, 5.41) is 0.731. The first-order valence-corrected chi connectivity index (χ1v) is 14.6. The molecule has 0 aliphatic heterocycles. The van der Waals surface area contributed by atoms with Gasteiger partial charge in [0.25, 0.3) is 0 Å². The predicted molar refractivity (Wildman–Crippen MR) is 113 cm³/mol. The van der Waals surface area contributed by atoms with Gasteiger partial charge in [-0.1, -0.05) is 0 Å². The van der Waals surface area contributed by atoms with E-state index in [1.54, 1.807) is 0 Å². The number of hydrogen-bond donors (Lipinski definition) is 2. The van der Waals surface area contributed by atoms with Gasteiger partial charge in [0.1, 0.15) is 0 Å². The Labute approximate surface area is 162 Å². The number of hydrogen-bond acceptors (Lipinski definition) is 7. The van der Waals surface area contributed by atoms with E-state index in [1.165, 1.54) is 0 Å². The van der Waals surface area contributed by atoms with Crippen molar-refractivity contribution in [2.24, 2.45) is 0 Å². The molecule has 5 nitrogen and oxygen atoms in total. The second-order valence-electron chi connectivity index (χ2n) is 4.97. The van der Waals surface area contributed by atoms with Crippen LogP contribution in [0.5, 0.6) is 0 Å². The lowest BCUT2D eigenvalue weighted by atomic mass is 10.6. The fraction of sp³-hybridized carbons (Fsp3) is 1.00. The van der Waals surface area contributed by atoms with E-state index in [0.717, 1.165) is 36.8 Å². The Morgan fingerprint density at radius 3 is 1.29 bits per heavy atom. The molecule has 0 rings (SSSR count). The fourth-order valence-electron chi connectivity index (χ4n) is 2.04. The van der Waals surface area contributed by atoms with E-state index >= 15 is 0 Å². The van der Waals surface area contributed by atoms with Gasteiger partial charge in [-0.2, -0.15) is 25.3 Å². The van der Waals surface area contributed by atoms with E-state index < -0.39 is 17.4 Å². The third-order valence-electron chi connectivity index (χ3n) is 2.92. The lowest BCUT2D eigenvalue weighted by Crippen LogP contribution is -2.46. The van der Waals surface area contributed by atoms with Crippen LogP contribution in [0.15, 0.2) is 0 Å². The van der Waals surface area contributed by atoms with Crippen LogP contribution in [-0.2, 0) is 22.1 Å². The molecule has 0 heterocycles. The number of rotatable bonds is 14. The van der Waals surface area contributed by atoms with Gasteiger partial charge < -0.3 is 22.1 Å². The lowest BCUT2D eigenvalue weighted by molar-refractivity contribution is 0.0712. The molecule has 9 heteroatoms. The molecular weight excluding hydrogens is 380 g/mol. The van der Waals surface area contributed by atoms with Crippen LogP contribution in [0.2, 0.25) is 12.6 Å². The minimum absolute atomic E-state index is 0.652. The molecule has 0 aliphatic rings. The monoisotopic (exact) mass is 418 g/mol. The van der Waals surface area contributed by atoms with Gasteiger partial charge >= 0.3 is 17.4 Å². The van der Waals surface area contributed by atoms with Crippen LogP contribution in [0.1, 0.15) is 41.0 Å². The van der Waals surface area contributed by atoms with Gasteiger partial charge in [-0.15, -0.1) is 0 Å². The summed E-state index contributed by atoms with van der Waals surface area (Å²) in [7, 11) is -4.22. The van der Waals surface area contributed by atoms with Crippen molar-refractivity contribution < 1.29 is 22.1 Å². The van der Waals surface area contributed by atoms with Crippen molar-refractivity contribution in [3.63, 3.8) is 0 Å². The van der Waals surface area contributed by atoms with E-state index in [1.807, 2.05) is 41.2 Å². The first kappa shape index (κ1) is 27.2. The van der Waals surface area contributed by atoms with E-state index in [0.29, 0.717) is 19.8 Å². The molecule has 0 aromatic heterocycles. The average Bonchev–Trinajstić information content (AvgIpc) is 2.55. The van der Waals surface area contributed by atoms with E-state index in [4.69, 9.17) is 22.1 Å². The molecule has 0 aromatic rings. The Hall–Kier alpha value is 0.934. The highest BCUT2D eigenvalue weighted by atomic mass is 32.1. The Balaban J connectivity index is 0. The second kappa shape index (κ2) is 17.4. The van der Waals surface area contributed by atoms with Gasteiger partial charge in [-0.25, -0.2) is 0 Å². The molecule has 0 bridgehead atoms.